The molecular formula is C14H18F3N3O4S. The van der Waals surface area contributed by atoms with E-state index in [0.717, 1.165) is 18.4 Å². The fourth-order valence-corrected chi connectivity index (χ4v) is 3.19. The number of alkyl halides is 3. The van der Waals surface area contributed by atoms with Crippen LogP contribution in [0.2, 0.25) is 0 Å². The molecule has 1 aliphatic heterocycles. The van der Waals surface area contributed by atoms with Crippen molar-refractivity contribution in [1.82, 2.24) is 9.21 Å². The van der Waals surface area contributed by atoms with Gasteiger partial charge in [0.15, 0.2) is 0 Å². The van der Waals surface area contributed by atoms with Crippen LogP contribution in [0.1, 0.15) is 0 Å². The molecule has 1 amide bonds. The lowest BCUT2D eigenvalue weighted by atomic mass is 10.3. The van der Waals surface area contributed by atoms with Crippen LogP contribution >= 0.6 is 0 Å². The van der Waals surface area contributed by atoms with Gasteiger partial charge in [0.1, 0.15) is 5.75 Å². The standard InChI is InChI=1S/C14H18F3N3O4S/c1-25(22,23)20-7-5-19(6-8-20)13(21)10-18-11-3-2-4-12(9-11)24-14(15,16)17/h2-4,9,18H,5-8,10H2,1H3. The Morgan fingerprint density at radius 3 is 2.44 bits per heavy atom. The summed E-state index contributed by atoms with van der Waals surface area (Å²) in [5, 5.41) is 2.74. The molecule has 0 atom stereocenters. The summed E-state index contributed by atoms with van der Waals surface area (Å²) in [4.78, 5) is 13.6. The van der Waals surface area contributed by atoms with E-state index in [9.17, 15) is 26.4 Å². The lowest BCUT2D eigenvalue weighted by Crippen LogP contribution is -2.51. The number of hydrogen-bond donors (Lipinski definition) is 1. The molecule has 11 heteroatoms. The maximum Gasteiger partial charge on any atom is 0.573 e. The summed E-state index contributed by atoms with van der Waals surface area (Å²) >= 11 is 0. The molecule has 0 radical (unpaired) electrons. The molecule has 1 aromatic rings. The highest BCUT2D eigenvalue weighted by Gasteiger charge is 2.31. The van der Waals surface area contributed by atoms with Crippen molar-refractivity contribution < 1.29 is 31.1 Å². The van der Waals surface area contributed by atoms with Gasteiger partial charge in [0.25, 0.3) is 0 Å². The average Bonchev–Trinajstić information content (AvgIpc) is 2.50. The third-order valence-electron chi connectivity index (χ3n) is 3.57. The van der Waals surface area contributed by atoms with Gasteiger partial charge in [0.2, 0.25) is 15.9 Å². The van der Waals surface area contributed by atoms with Gasteiger partial charge in [-0.05, 0) is 12.1 Å². The molecule has 1 aliphatic rings. The number of hydrogen-bond acceptors (Lipinski definition) is 5. The van der Waals surface area contributed by atoms with Crippen LogP contribution in [-0.2, 0) is 14.8 Å². The topological polar surface area (TPSA) is 79.0 Å². The second-order valence-electron chi connectivity index (χ2n) is 5.47. The number of carbonyl (C=O) groups excluding carboxylic acids is 1. The molecule has 1 aromatic carbocycles. The monoisotopic (exact) mass is 381 g/mol. The van der Waals surface area contributed by atoms with Gasteiger partial charge in [-0.2, -0.15) is 4.31 Å². The van der Waals surface area contributed by atoms with Crippen LogP contribution in [0.5, 0.6) is 5.75 Å². The first-order chi connectivity index (χ1) is 11.5. The molecular weight excluding hydrogens is 363 g/mol. The molecule has 1 N–H and O–H groups in total. The van der Waals surface area contributed by atoms with E-state index < -0.39 is 16.4 Å². The number of ether oxygens (including phenoxy) is 1. The van der Waals surface area contributed by atoms with E-state index in [4.69, 9.17) is 0 Å². The van der Waals surface area contributed by atoms with Crippen LogP contribution in [0, 0.1) is 0 Å². The van der Waals surface area contributed by atoms with Gasteiger partial charge in [-0.25, -0.2) is 8.42 Å². The van der Waals surface area contributed by atoms with Gasteiger partial charge in [-0.3, -0.25) is 4.79 Å². The number of halogens is 3. The Labute approximate surface area is 143 Å². The molecule has 1 fully saturated rings. The highest BCUT2D eigenvalue weighted by Crippen LogP contribution is 2.24. The second-order valence-corrected chi connectivity index (χ2v) is 7.45. The number of sulfonamides is 1. The molecule has 0 unspecified atom stereocenters. The highest BCUT2D eigenvalue weighted by molar-refractivity contribution is 7.88. The first-order valence-electron chi connectivity index (χ1n) is 7.37. The molecule has 25 heavy (non-hydrogen) atoms. The summed E-state index contributed by atoms with van der Waals surface area (Å²) in [6.07, 6.45) is -3.67. The largest absolute Gasteiger partial charge is 0.573 e. The molecule has 7 nitrogen and oxygen atoms in total. The number of nitrogens with one attached hydrogen (secondary N) is 1. The number of benzene rings is 1. The molecule has 0 aliphatic carbocycles. The van der Waals surface area contributed by atoms with E-state index in [0.29, 0.717) is 5.69 Å². The smallest absolute Gasteiger partial charge is 0.406 e. The van der Waals surface area contributed by atoms with Crippen molar-refractivity contribution in [2.45, 2.75) is 6.36 Å². The van der Waals surface area contributed by atoms with Gasteiger partial charge in [0.05, 0.1) is 12.8 Å². The summed E-state index contributed by atoms with van der Waals surface area (Å²) in [5.41, 5.74) is 0.310. The third-order valence-corrected chi connectivity index (χ3v) is 4.87. The number of nitrogens with zero attached hydrogens (tertiary/aromatic N) is 2. The van der Waals surface area contributed by atoms with Crippen LogP contribution in [-0.4, -0.2) is 68.9 Å². The lowest BCUT2D eigenvalue weighted by Gasteiger charge is -2.33. The van der Waals surface area contributed by atoms with Crippen molar-refractivity contribution in [2.24, 2.45) is 0 Å². The van der Waals surface area contributed by atoms with Crippen molar-refractivity contribution in [1.29, 1.82) is 0 Å². The zero-order valence-corrected chi connectivity index (χ0v) is 14.2. The normalized spacial score (nSPS) is 16.6. The Morgan fingerprint density at radius 1 is 1.24 bits per heavy atom. The minimum absolute atomic E-state index is 0.117. The number of rotatable bonds is 5. The van der Waals surface area contributed by atoms with Gasteiger partial charge < -0.3 is 15.0 Å². The molecule has 0 spiro atoms. The summed E-state index contributed by atoms with van der Waals surface area (Å²) in [7, 11) is -3.28. The van der Waals surface area contributed by atoms with Crippen molar-refractivity contribution in [3.63, 3.8) is 0 Å². The minimum atomic E-state index is -4.78. The van der Waals surface area contributed by atoms with E-state index >= 15 is 0 Å². The quantitative estimate of drug-likeness (QED) is 0.827. The molecule has 1 heterocycles. The first kappa shape index (κ1) is 19.3. The fraction of sp³-hybridized carbons (Fsp3) is 0.500. The summed E-state index contributed by atoms with van der Waals surface area (Å²) in [6, 6.07) is 5.18. The summed E-state index contributed by atoms with van der Waals surface area (Å²) in [5.74, 6) is -0.651. The minimum Gasteiger partial charge on any atom is -0.406 e. The van der Waals surface area contributed by atoms with E-state index in [1.54, 1.807) is 0 Å². The van der Waals surface area contributed by atoms with Gasteiger partial charge in [-0.1, -0.05) is 6.07 Å². The zero-order chi connectivity index (χ0) is 18.7. The predicted octanol–water partition coefficient (Wildman–Crippen LogP) is 1.10. The van der Waals surface area contributed by atoms with Crippen LogP contribution in [0.3, 0.4) is 0 Å². The van der Waals surface area contributed by atoms with Crippen LogP contribution in [0.4, 0.5) is 18.9 Å². The summed E-state index contributed by atoms with van der Waals surface area (Å²) < 4.78 is 64.5. The fourth-order valence-electron chi connectivity index (χ4n) is 2.36. The highest BCUT2D eigenvalue weighted by atomic mass is 32.2. The Morgan fingerprint density at radius 2 is 1.88 bits per heavy atom. The van der Waals surface area contributed by atoms with E-state index in [1.165, 1.54) is 21.3 Å². The SMILES string of the molecule is CS(=O)(=O)N1CCN(C(=O)CNc2cccc(OC(F)(F)F)c2)CC1. The van der Waals surface area contributed by atoms with Crippen LogP contribution in [0.25, 0.3) is 0 Å². The molecule has 0 saturated carbocycles. The maximum absolute atomic E-state index is 12.2. The van der Waals surface area contributed by atoms with Crippen LogP contribution in [0.15, 0.2) is 24.3 Å². The van der Waals surface area contributed by atoms with E-state index in [2.05, 4.69) is 10.1 Å². The number of anilines is 1. The van der Waals surface area contributed by atoms with E-state index in [1.807, 2.05) is 0 Å². The zero-order valence-electron chi connectivity index (χ0n) is 13.4. The second kappa shape index (κ2) is 7.48. The Balaban J connectivity index is 1.86. The van der Waals surface area contributed by atoms with Crippen LogP contribution < -0.4 is 10.1 Å². The average molecular weight is 381 g/mol. The third kappa shape index (κ3) is 6.09. The van der Waals surface area contributed by atoms with Crippen molar-refractivity contribution in [2.75, 3.05) is 44.3 Å². The molecule has 1 saturated heterocycles. The number of carbonyl (C=O) groups is 1. The van der Waals surface area contributed by atoms with Gasteiger partial charge in [0, 0.05) is 37.9 Å². The van der Waals surface area contributed by atoms with Gasteiger partial charge >= 0.3 is 6.36 Å². The predicted molar refractivity (Wildman–Crippen MR) is 84.6 cm³/mol. The number of amides is 1. The Hall–Kier alpha value is -2.01. The molecule has 140 valence electrons. The molecule has 0 bridgehead atoms. The maximum atomic E-state index is 12.2. The Bertz CT molecular complexity index is 716. The van der Waals surface area contributed by atoms with Crippen molar-refractivity contribution in [3.05, 3.63) is 24.3 Å². The Kier molecular flexibility index (Phi) is 5.78. The summed E-state index contributed by atoms with van der Waals surface area (Å²) in [6.45, 7) is 0.864. The van der Waals surface area contributed by atoms with Crippen molar-refractivity contribution >= 4 is 21.6 Å². The number of piperazine rings is 1. The van der Waals surface area contributed by atoms with Gasteiger partial charge in [-0.15, -0.1) is 13.2 Å². The first-order valence-corrected chi connectivity index (χ1v) is 9.22. The molecule has 2 rings (SSSR count). The van der Waals surface area contributed by atoms with Crippen molar-refractivity contribution in [3.8, 4) is 5.75 Å². The lowest BCUT2D eigenvalue weighted by molar-refractivity contribution is -0.274. The van der Waals surface area contributed by atoms with E-state index in [-0.39, 0.29) is 44.4 Å². The molecule has 0 aromatic heterocycles.